The molecular weight excluding hydrogens is 402 g/mol. The van der Waals surface area contributed by atoms with Crippen molar-refractivity contribution in [2.24, 2.45) is 0 Å². The molecule has 4 rings (SSSR count). The largest absolute Gasteiger partial charge is 0.369 e. The Morgan fingerprint density at radius 3 is 2.29 bits per heavy atom. The van der Waals surface area contributed by atoms with Crippen LogP contribution >= 0.6 is 24.8 Å². The molecule has 1 aromatic heterocycles. The second-order valence-electron chi connectivity index (χ2n) is 7.22. The number of nitrogens with one attached hydrogen (secondary N) is 1. The molecule has 8 heteroatoms. The second-order valence-corrected chi connectivity index (χ2v) is 7.22. The Morgan fingerprint density at radius 1 is 0.964 bits per heavy atom. The van der Waals surface area contributed by atoms with Crippen molar-refractivity contribution in [2.45, 2.75) is 32.1 Å². The minimum atomic E-state index is -0.191. The van der Waals surface area contributed by atoms with Crippen LogP contribution in [0, 0.1) is 5.82 Å². The first-order chi connectivity index (χ1) is 12.7. The Labute approximate surface area is 177 Å². The standard InChI is InChI=1S/C20H25FN4O.2ClH/c21-15-5-7-16(8-6-15)25-13-11-24(12-14-25)10-9-19-17-3-1-2-4-18(17)20(26)23-22-19;;/h5-8H,1-4,9-14H2,(H,23,26);2*1H. The maximum absolute atomic E-state index is 13.1. The molecule has 0 saturated carbocycles. The summed E-state index contributed by atoms with van der Waals surface area (Å²) in [5.74, 6) is -0.191. The monoisotopic (exact) mass is 428 g/mol. The third kappa shape index (κ3) is 5.04. The fourth-order valence-electron chi connectivity index (χ4n) is 4.08. The van der Waals surface area contributed by atoms with Crippen molar-refractivity contribution < 1.29 is 4.39 Å². The molecule has 0 unspecified atom stereocenters. The predicted octanol–water partition coefficient (Wildman–Crippen LogP) is 3.00. The highest BCUT2D eigenvalue weighted by molar-refractivity contribution is 5.85. The van der Waals surface area contributed by atoms with Gasteiger partial charge in [-0.15, -0.1) is 24.8 Å². The van der Waals surface area contributed by atoms with Gasteiger partial charge in [-0.2, -0.15) is 5.10 Å². The number of aromatic nitrogens is 2. The van der Waals surface area contributed by atoms with E-state index in [9.17, 15) is 9.18 Å². The van der Waals surface area contributed by atoms with E-state index < -0.39 is 0 Å². The summed E-state index contributed by atoms with van der Waals surface area (Å²) in [6, 6.07) is 6.74. The van der Waals surface area contributed by atoms with Gasteiger partial charge in [0.2, 0.25) is 0 Å². The molecule has 0 atom stereocenters. The van der Waals surface area contributed by atoms with Crippen molar-refractivity contribution in [2.75, 3.05) is 37.6 Å². The highest BCUT2D eigenvalue weighted by Gasteiger charge is 2.20. The van der Waals surface area contributed by atoms with E-state index in [0.29, 0.717) is 0 Å². The minimum Gasteiger partial charge on any atom is -0.369 e. The number of fused-ring (bicyclic) bond motifs is 1. The molecule has 1 saturated heterocycles. The van der Waals surface area contributed by atoms with Crippen molar-refractivity contribution in [3.05, 3.63) is 57.3 Å². The number of nitrogens with zero attached hydrogens (tertiary/aromatic N) is 3. The molecular formula is C20H27Cl2FN4O. The van der Waals surface area contributed by atoms with E-state index in [2.05, 4.69) is 20.0 Å². The van der Waals surface area contributed by atoms with Gasteiger partial charge in [0.15, 0.2) is 0 Å². The van der Waals surface area contributed by atoms with Crippen LogP contribution in [0.25, 0.3) is 0 Å². The zero-order chi connectivity index (χ0) is 17.9. The fourth-order valence-corrected chi connectivity index (χ4v) is 4.08. The highest BCUT2D eigenvalue weighted by atomic mass is 35.5. The molecule has 1 aliphatic heterocycles. The molecule has 1 aliphatic carbocycles. The van der Waals surface area contributed by atoms with Crippen LogP contribution in [0.5, 0.6) is 0 Å². The lowest BCUT2D eigenvalue weighted by atomic mass is 9.91. The maximum atomic E-state index is 13.1. The minimum absolute atomic E-state index is 0. The SMILES string of the molecule is Cl.Cl.O=c1[nH]nc(CCN2CCN(c3ccc(F)cc3)CC2)c2c1CCCC2. The zero-order valence-electron chi connectivity index (χ0n) is 15.8. The van der Waals surface area contributed by atoms with E-state index in [0.717, 1.165) is 81.8 Å². The van der Waals surface area contributed by atoms with Gasteiger partial charge in [0.05, 0.1) is 5.69 Å². The van der Waals surface area contributed by atoms with Gasteiger partial charge in [-0.25, -0.2) is 9.49 Å². The molecule has 0 amide bonds. The van der Waals surface area contributed by atoms with Crippen LogP contribution in [-0.2, 0) is 19.3 Å². The van der Waals surface area contributed by atoms with Crippen LogP contribution in [0.1, 0.15) is 29.7 Å². The molecule has 5 nitrogen and oxygen atoms in total. The Bertz CT molecular complexity index is 820. The zero-order valence-corrected chi connectivity index (χ0v) is 17.5. The van der Waals surface area contributed by atoms with Gasteiger partial charge >= 0.3 is 0 Å². The summed E-state index contributed by atoms with van der Waals surface area (Å²) < 4.78 is 13.1. The molecule has 0 bridgehead atoms. The summed E-state index contributed by atoms with van der Waals surface area (Å²) in [4.78, 5) is 16.7. The number of benzene rings is 1. The van der Waals surface area contributed by atoms with Crippen LogP contribution in [0.15, 0.2) is 29.1 Å². The Morgan fingerprint density at radius 2 is 1.61 bits per heavy atom. The summed E-state index contributed by atoms with van der Waals surface area (Å²) in [5, 5.41) is 7.02. The average Bonchev–Trinajstić information content (AvgIpc) is 2.69. The normalized spacial score (nSPS) is 16.7. The topological polar surface area (TPSA) is 52.2 Å². The van der Waals surface area contributed by atoms with E-state index in [1.807, 2.05) is 12.1 Å². The van der Waals surface area contributed by atoms with Crippen molar-refractivity contribution in [3.8, 4) is 0 Å². The third-order valence-electron chi connectivity index (χ3n) is 5.61. The van der Waals surface area contributed by atoms with Gasteiger partial charge < -0.3 is 4.90 Å². The predicted molar refractivity (Wildman–Crippen MR) is 115 cm³/mol. The van der Waals surface area contributed by atoms with Gasteiger partial charge in [0.1, 0.15) is 5.82 Å². The molecule has 0 radical (unpaired) electrons. The number of H-pyrrole nitrogens is 1. The van der Waals surface area contributed by atoms with Crippen LogP contribution in [-0.4, -0.2) is 47.8 Å². The average molecular weight is 429 g/mol. The maximum Gasteiger partial charge on any atom is 0.267 e. The first-order valence-electron chi connectivity index (χ1n) is 9.53. The smallest absolute Gasteiger partial charge is 0.267 e. The summed E-state index contributed by atoms with van der Waals surface area (Å²) in [6.45, 7) is 4.83. The van der Waals surface area contributed by atoms with Crippen molar-refractivity contribution in [1.82, 2.24) is 15.1 Å². The Balaban J connectivity index is 0.00000140. The number of piperazine rings is 1. The molecule has 1 N–H and O–H groups in total. The molecule has 1 fully saturated rings. The molecule has 28 heavy (non-hydrogen) atoms. The lowest BCUT2D eigenvalue weighted by Gasteiger charge is -2.36. The van der Waals surface area contributed by atoms with E-state index in [1.165, 1.54) is 17.7 Å². The summed E-state index contributed by atoms with van der Waals surface area (Å²) in [7, 11) is 0. The highest BCUT2D eigenvalue weighted by Crippen LogP contribution is 2.21. The van der Waals surface area contributed by atoms with Gasteiger partial charge in [-0.3, -0.25) is 9.69 Å². The lowest BCUT2D eigenvalue weighted by molar-refractivity contribution is 0.259. The van der Waals surface area contributed by atoms with Crippen molar-refractivity contribution in [3.63, 3.8) is 0 Å². The molecule has 1 aromatic carbocycles. The van der Waals surface area contributed by atoms with Gasteiger partial charge in [0, 0.05) is 50.4 Å². The van der Waals surface area contributed by atoms with E-state index in [-0.39, 0.29) is 36.2 Å². The quantitative estimate of drug-likeness (QED) is 0.812. The second kappa shape index (κ2) is 10.2. The van der Waals surface area contributed by atoms with Gasteiger partial charge in [-0.1, -0.05) is 0 Å². The lowest BCUT2D eigenvalue weighted by Crippen LogP contribution is -2.47. The van der Waals surface area contributed by atoms with Crippen LogP contribution in [0.3, 0.4) is 0 Å². The third-order valence-corrected chi connectivity index (χ3v) is 5.61. The van der Waals surface area contributed by atoms with E-state index in [4.69, 9.17) is 0 Å². The van der Waals surface area contributed by atoms with Gasteiger partial charge in [-0.05, 0) is 55.5 Å². The summed E-state index contributed by atoms with van der Waals surface area (Å²) in [5.41, 5.74) is 4.31. The molecule has 0 spiro atoms. The fraction of sp³-hybridized carbons (Fsp3) is 0.500. The van der Waals surface area contributed by atoms with Crippen LogP contribution in [0.2, 0.25) is 0 Å². The number of aromatic amines is 1. The van der Waals surface area contributed by atoms with Crippen LogP contribution in [0.4, 0.5) is 10.1 Å². The molecule has 2 aliphatic rings. The number of rotatable bonds is 4. The van der Waals surface area contributed by atoms with Crippen molar-refractivity contribution >= 4 is 30.5 Å². The first-order valence-corrected chi connectivity index (χ1v) is 9.53. The molecule has 2 aromatic rings. The Hall–Kier alpha value is -1.63. The molecule has 154 valence electrons. The van der Waals surface area contributed by atoms with E-state index >= 15 is 0 Å². The number of halogens is 3. The Kier molecular flexibility index (Phi) is 8.28. The van der Waals surface area contributed by atoms with E-state index in [1.54, 1.807) is 0 Å². The van der Waals surface area contributed by atoms with Crippen LogP contribution < -0.4 is 10.5 Å². The first kappa shape index (κ1) is 22.7. The number of hydrogen-bond acceptors (Lipinski definition) is 4. The summed E-state index contributed by atoms with van der Waals surface area (Å²) in [6.07, 6.45) is 5.01. The number of anilines is 1. The number of hydrogen-bond donors (Lipinski definition) is 1. The van der Waals surface area contributed by atoms with Gasteiger partial charge in [0.25, 0.3) is 5.56 Å². The summed E-state index contributed by atoms with van der Waals surface area (Å²) >= 11 is 0. The molecule has 2 heterocycles. The van der Waals surface area contributed by atoms with Crippen molar-refractivity contribution in [1.29, 1.82) is 0 Å².